The standard InChI is InChI=1S/C16H16FNO3S/c1-12(19)18-11-16(13-5-3-2-4-6-13)22(20,21)15-9-7-14(17)8-10-15/h2-10,16H,11H2,1H3,(H,18,19). The molecular formula is C16H16FNO3S. The van der Waals surface area contributed by atoms with Crippen LogP contribution in [0.25, 0.3) is 0 Å². The molecular weight excluding hydrogens is 305 g/mol. The molecule has 0 aliphatic rings. The summed E-state index contributed by atoms with van der Waals surface area (Å²) in [5.41, 5.74) is 0.570. The molecule has 22 heavy (non-hydrogen) atoms. The van der Waals surface area contributed by atoms with Crippen molar-refractivity contribution in [3.05, 3.63) is 66.0 Å². The van der Waals surface area contributed by atoms with E-state index < -0.39 is 20.9 Å². The van der Waals surface area contributed by atoms with Crippen LogP contribution in [0.2, 0.25) is 0 Å². The van der Waals surface area contributed by atoms with E-state index in [1.54, 1.807) is 30.3 Å². The van der Waals surface area contributed by atoms with Crippen LogP contribution in [0.3, 0.4) is 0 Å². The lowest BCUT2D eigenvalue weighted by Crippen LogP contribution is -2.30. The second-order valence-corrected chi connectivity index (χ2v) is 6.97. The van der Waals surface area contributed by atoms with Crippen molar-refractivity contribution in [2.75, 3.05) is 6.54 Å². The average molecular weight is 321 g/mol. The molecule has 1 atom stereocenters. The van der Waals surface area contributed by atoms with Gasteiger partial charge in [0.25, 0.3) is 0 Å². The average Bonchev–Trinajstić information content (AvgIpc) is 2.48. The van der Waals surface area contributed by atoms with Gasteiger partial charge in [-0.25, -0.2) is 12.8 Å². The highest BCUT2D eigenvalue weighted by Gasteiger charge is 2.29. The van der Waals surface area contributed by atoms with Crippen LogP contribution in [0.15, 0.2) is 59.5 Å². The first kappa shape index (κ1) is 16.2. The molecule has 0 radical (unpaired) electrons. The molecule has 1 N–H and O–H groups in total. The van der Waals surface area contributed by atoms with Gasteiger partial charge in [0.15, 0.2) is 9.84 Å². The third-order valence-corrected chi connectivity index (χ3v) is 5.34. The summed E-state index contributed by atoms with van der Waals surface area (Å²) in [6.45, 7) is 1.28. The minimum atomic E-state index is -3.75. The lowest BCUT2D eigenvalue weighted by Gasteiger charge is -2.18. The van der Waals surface area contributed by atoms with Crippen molar-refractivity contribution in [1.82, 2.24) is 5.32 Å². The number of nitrogens with one attached hydrogen (secondary N) is 1. The summed E-state index contributed by atoms with van der Waals surface area (Å²) in [6, 6.07) is 13.3. The number of carbonyl (C=O) groups is 1. The summed E-state index contributed by atoms with van der Waals surface area (Å²) < 4.78 is 38.6. The molecule has 116 valence electrons. The largest absolute Gasteiger partial charge is 0.355 e. The molecule has 4 nitrogen and oxygen atoms in total. The van der Waals surface area contributed by atoms with Gasteiger partial charge < -0.3 is 5.32 Å². The second kappa shape index (κ2) is 6.70. The number of rotatable bonds is 5. The summed E-state index contributed by atoms with van der Waals surface area (Å²) in [4.78, 5) is 11.2. The Balaban J connectivity index is 2.43. The van der Waals surface area contributed by atoms with E-state index in [4.69, 9.17) is 0 Å². The van der Waals surface area contributed by atoms with Crippen LogP contribution in [-0.4, -0.2) is 20.9 Å². The predicted octanol–water partition coefficient (Wildman–Crippen LogP) is 2.48. The fourth-order valence-electron chi connectivity index (χ4n) is 2.10. The summed E-state index contributed by atoms with van der Waals surface area (Å²) in [5, 5.41) is 1.61. The molecule has 0 bridgehead atoms. The highest BCUT2D eigenvalue weighted by molar-refractivity contribution is 7.91. The van der Waals surface area contributed by atoms with Gasteiger partial charge in [-0.3, -0.25) is 4.79 Å². The number of hydrogen-bond donors (Lipinski definition) is 1. The Morgan fingerprint density at radius 2 is 1.68 bits per heavy atom. The SMILES string of the molecule is CC(=O)NCC(c1ccccc1)S(=O)(=O)c1ccc(F)cc1. The van der Waals surface area contributed by atoms with Crippen LogP contribution in [0, 0.1) is 5.82 Å². The third kappa shape index (κ3) is 3.71. The first-order chi connectivity index (χ1) is 10.4. The molecule has 0 saturated heterocycles. The van der Waals surface area contributed by atoms with Gasteiger partial charge in [0, 0.05) is 13.5 Å². The highest BCUT2D eigenvalue weighted by atomic mass is 32.2. The molecule has 0 aliphatic carbocycles. The van der Waals surface area contributed by atoms with Crippen molar-refractivity contribution in [2.45, 2.75) is 17.1 Å². The van der Waals surface area contributed by atoms with E-state index in [0.717, 1.165) is 12.1 Å². The van der Waals surface area contributed by atoms with E-state index in [1.807, 2.05) is 0 Å². The van der Waals surface area contributed by atoms with Gasteiger partial charge in [-0.15, -0.1) is 0 Å². The Kier molecular flexibility index (Phi) is 4.92. The van der Waals surface area contributed by atoms with E-state index in [1.165, 1.54) is 19.1 Å². The number of benzene rings is 2. The summed E-state index contributed by atoms with van der Waals surface area (Å²) in [7, 11) is -3.75. The highest BCUT2D eigenvalue weighted by Crippen LogP contribution is 2.28. The van der Waals surface area contributed by atoms with Crippen LogP contribution < -0.4 is 5.32 Å². The molecule has 2 aromatic carbocycles. The van der Waals surface area contributed by atoms with Crippen molar-refractivity contribution in [3.8, 4) is 0 Å². The first-order valence-corrected chi connectivity index (χ1v) is 8.25. The number of sulfone groups is 1. The third-order valence-electron chi connectivity index (χ3n) is 3.22. The van der Waals surface area contributed by atoms with Crippen molar-refractivity contribution in [2.24, 2.45) is 0 Å². The number of hydrogen-bond acceptors (Lipinski definition) is 3. The Morgan fingerprint density at radius 3 is 2.23 bits per heavy atom. The van der Waals surface area contributed by atoms with Gasteiger partial charge in [0.2, 0.25) is 5.91 Å². The van der Waals surface area contributed by atoms with Crippen molar-refractivity contribution < 1.29 is 17.6 Å². The van der Waals surface area contributed by atoms with Crippen LogP contribution in [0.5, 0.6) is 0 Å². The minimum Gasteiger partial charge on any atom is -0.355 e. The molecule has 0 fully saturated rings. The zero-order chi connectivity index (χ0) is 16.2. The Labute approximate surface area is 128 Å². The van der Waals surface area contributed by atoms with Crippen LogP contribution in [0.4, 0.5) is 4.39 Å². The van der Waals surface area contributed by atoms with Gasteiger partial charge in [0.1, 0.15) is 11.1 Å². The quantitative estimate of drug-likeness (QED) is 0.861. The van der Waals surface area contributed by atoms with Crippen molar-refractivity contribution >= 4 is 15.7 Å². The van der Waals surface area contributed by atoms with Gasteiger partial charge in [-0.05, 0) is 29.8 Å². The van der Waals surface area contributed by atoms with E-state index in [2.05, 4.69) is 5.32 Å². The maximum Gasteiger partial charge on any atom is 0.216 e. The topological polar surface area (TPSA) is 63.2 Å². The van der Waals surface area contributed by atoms with E-state index in [0.29, 0.717) is 5.56 Å². The van der Waals surface area contributed by atoms with E-state index in [9.17, 15) is 17.6 Å². The summed E-state index contributed by atoms with van der Waals surface area (Å²) in [6.07, 6.45) is 0. The summed E-state index contributed by atoms with van der Waals surface area (Å²) in [5.74, 6) is -0.813. The Hall–Kier alpha value is -2.21. The second-order valence-electron chi connectivity index (χ2n) is 4.84. The normalized spacial score (nSPS) is 12.6. The lowest BCUT2D eigenvalue weighted by atomic mass is 10.1. The molecule has 0 aliphatic heterocycles. The van der Waals surface area contributed by atoms with Gasteiger partial charge in [0.05, 0.1) is 4.90 Å². The zero-order valence-electron chi connectivity index (χ0n) is 12.0. The van der Waals surface area contributed by atoms with Crippen LogP contribution in [-0.2, 0) is 14.6 Å². The van der Waals surface area contributed by atoms with Crippen LogP contribution >= 0.6 is 0 Å². The monoisotopic (exact) mass is 321 g/mol. The number of halogens is 1. The molecule has 1 unspecified atom stereocenters. The maximum absolute atomic E-state index is 13.0. The molecule has 2 aromatic rings. The molecule has 0 heterocycles. The molecule has 6 heteroatoms. The molecule has 1 amide bonds. The Morgan fingerprint density at radius 1 is 1.09 bits per heavy atom. The zero-order valence-corrected chi connectivity index (χ0v) is 12.8. The predicted molar refractivity (Wildman–Crippen MR) is 81.5 cm³/mol. The van der Waals surface area contributed by atoms with E-state index >= 15 is 0 Å². The lowest BCUT2D eigenvalue weighted by molar-refractivity contribution is -0.118. The number of carbonyl (C=O) groups excluding carboxylic acids is 1. The smallest absolute Gasteiger partial charge is 0.216 e. The number of amides is 1. The maximum atomic E-state index is 13.0. The molecule has 0 spiro atoms. The molecule has 2 rings (SSSR count). The van der Waals surface area contributed by atoms with Gasteiger partial charge in [-0.2, -0.15) is 0 Å². The van der Waals surface area contributed by atoms with Gasteiger partial charge in [-0.1, -0.05) is 30.3 Å². The minimum absolute atomic E-state index is 0.0214. The fourth-order valence-corrected chi connectivity index (χ4v) is 3.76. The fraction of sp³-hybridized carbons (Fsp3) is 0.188. The van der Waals surface area contributed by atoms with Crippen molar-refractivity contribution in [3.63, 3.8) is 0 Å². The Bertz CT molecular complexity index is 743. The first-order valence-electron chi connectivity index (χ1n) is 6.70. The van der Waals surface area contributed by atoms with Gasteiger partial charge >= 0.3 is 0 Å². The van der Waals surface area contributed by atoms with E-state index in [-0.39, 0.29) is 17.3 Å². The molecule has 0 aromatic heterocycles. The summed E-state index contributed by atoms with van der Waals surface area (Å²) >= 11 is 0. The molecule has 0 saturated carbocycles. The van der Waals surface area contributed by atoms with Crippen LogP contribution in [0.1, 0.15) is 17.7 Å². The van der Waals surface area contributed by atoms with Crippen molar-refractivity contribution in [1.29, 1.82) is 0 Å².